The van der Waals surface area contributed by atoms with Gasteiger partial charge in [0.1, 0.15) is 19.6 Å². The Morgan fingerprint density at radius 1 is 1.08 bits per heavy atom. The molecule has 10 nitrogen and oxygen atoms in total. The fourth-order valence-electron chi connectivity index (χ4n) is 4.47. The quantitative estimate of drug-likeness (QED) is 0.404. The van der Waals surface area contributed by atoms with Crippen LogP contribution in [0.15, 0.2) is 30.5 Å². The summed E-state index contributed by atoms with van der Waals surface area (Å²) in [6.45, 7) is 8.74. The number of hydrogen-bond acceptors (Lipinski definition) is 6. The van der Waals surface area contributed by atoms with Crippen LogP contribution in [0.4, 0.5) is 0 Å². The minimum absolute atomic E-state index is 0.0596. The Balaban J connectivity index is 1.66. The lowest BCUT2D eigenvalue weighted by molar-refractivity contribution is -0.138. The van der Waals surface area contributed by atoms with Gasteiger partial charge in [0.05, 0.1) is 6.54 Å². The van der Waals surface area contributed by atoms with Crippen molar-refractivity contribution in [2.75, 3.05) is 39.8 Å². The lowest BCUT2D eigenvalue weighted by Gasteiger charge is -2.36. The van der Waals surface area contributed by atoms with Crippen molar-refractivity contribution in [3.05, 3.63) is 47.3 Å². The standard InChI is InChI=1S/C27H37BN6O4/c1-5-24(36)31-25(27(38)33-13-11-32(4)12-14-33)18(3)19-7-8-20(22(28)16-19)15-21(35)17-29-26(37)23-9-10-30-34(23)6-2/h7-10,16,18,25H,5-6,11-15,17H2,1-4H3,(H,29,37)(H,31,36)/t18-,25?/m0/s1. The number of aryl methyl sites for hydroxylation is 1. The molecular weight excluding hydrogens is 483 g/mol. The van der Waals surface area contributed by atoms with Crippen LogP contribution >= 0.6 is 0 Å². The number of nitrogens with one attached hydrogen (secondary N) is 2. The second-order valence-electron chi connectivity index (χ2n) is 9.70. The molecule has 0 spiro atoms. The van der Waals surface area contributed by atoms with Gasteiger partial charge in [-0.05, 0) is 31.2 Å². The number of carbonyl (C=O) groups excluding carboxylic acids is 4. The molecule has 2 N–H and O–H groups in total. The largest absolute Gasteiger partial charge is 0.344 e. The van der Waals surface area contributed by atoms with Crippen LogP contribution in [-0.2, 0) is 27.3 Å². The van der Waals surface area contributed by atoms with Crippen LogP contribution in [0, 0.1) is 0 Å². The molecule has 1 saturated heterocycles. The van der Waals surface area contributed by atoms with Gasteiger partial charge in [-0.3, -0.25) is 23.9 Å². The molecule has 1 unspecified atom stereocenters. The van der Waals surface area contributed by atoms with Crippen molar-refractivity contribution in [2.24, 2.45) is 0 Å². The van der Waals surface area contributed by atoms with Gasteiger partial charge in [0, 0.05) is 57.7 Å². The topological polar surface area (TPSA) is 117 Å². The Kier molecular flexibility index (Phi) is 10.2. The van der Waals surface area contributed by atoms with E-state index in [2.05, 4.69) is 20.6 Å². The lowest BCUT2D eigenvalue weighted by Crippen LogP contribution is -2.55. The second-order valence-corrected chi connectivity index (χ2v) is 9.70. The Hall–Kier alpha value is -3.47. The first-order valence-electron chi connectivity index (χ1n) is 13.1. The second kappa shape index (κ2) is 13.4. The Bertz CT molecular complexity index is 1160. The highest BCUT2D eigenvalue weighted by molar-refractivity contribution is 6.33. The molecule has 2 radical (unpaired) electrons. The van der Waals surface area contributed by atoms with Gasteiger partial charge in [0.15, 0.2) is 5.78 Å². The van der Waals surface area contributed by atoms with Crippen molar-refractivity contribution < 1.29 is 19.2 Å². The number of hydrogen-bond donors (Lipinski definition) is 2. The number of benzene rings is 1. The molecule has 2 heterocycles. The van der Waals surface area contributed by atoms with Crippen molar-refractivity contribution in [2.45, 2.75) is 52.1 Å². The van der Waals surface area contributed by atoms with E-state index in [-0.39, 0.29) is 48.8 Å². The third-order valence-corrected chi connectivity index (χ3v) is 7.00. The first kappa shape index (κ1) is 29.1. The highest BCUT2D eigenvalue weighted by atomic mass is 16.2. The monoisotopic (exact) mass is 520 g/mol. The third-order valence-electron chi connectivity index (χ3n) is 7.00. The molecule has 0 bridgehead atoms. The highest BCUT2D eigenvalue weighted by Gasteiger charge is 2.32. The average Bonchev–Trinajstić information content (AvgIpc) is 3.40. The van der Waals surface area contributed by atoms with Crippen LogP contribution in [-0.4, -0.2) is 96.7 Å². The smallest absolute Gasteiger partial charge is 0.269 e. The number of amides is 3. The third kappa shape index (κ3) is 7.31. The molecular formula is C27H37BN6O4. The van der Waals surface area contributed by atoms with E-state index in [1.165, 1.54) is 0 Å². The van der Waals surface area contributed by atoms with Gasteiger partial charge in [-0.25, -0.2) is 0 Å². The predicted molar refractivity (Wildman–Crippen MR) is 145 cm³/mol. The number of likely N-dealkylation sites (N-methyl/N-ethyl adjacent to an activating group) is 1. The molecule has 1 aromatic heterocycles. The number of rotatable bonds is 11. The van der Waals surface area contributed by atoms with E-state index in [0.717, 1.165) is 18.7 Å². The molecule has 0 aliphatic carbocycles. The Labute approximate surface area is 225 Å². The van der Waals surface area contributed by atoms with Crippen molar-refractivity contribution in [3.63, 3.8) is 0 Å². The van der Waals surface area contributed by atoms with Crippen LogP contribution in [0.3, 0.4) is 0 Å². The summed E-state index contributed by atoms with van der Waals surface area (Å²) >= 11 is 0. The molecule has 2 aromatic rings. The molecule has 3 rings (SSSR count). The molecule has 1 aliphatic heterocycles. The summed E-state index contributed by atoms with van der Waals surface area (Å²) in [5.74, 6) is -1.17. The SMILES string of the molecule is [B]c1cc([C@H](C)C(NC(=O)CC)C(=O)N2CCN(C)CC2)ccc1CC(=O)CNC(=O)c1ccnn1CC. The molecule has 38 heavy (non-hydrogen) atoms. The van der Waals surface area contributed by atoms with Gasteiger partial charge in [-0.1, -0.05) is 37.5 Å². The Morgan fingerprint density at radius 3 is 2.42 bits per heavy atom. The fourth-order valence-corrected chi connectivity index (χ4v) is 4.47. The number of carbonyl (C=O) groups is 4. The number of ketones is 1. The minimum Gasteiger partial charge on any atom is -0.344 e. The van der Waals surface area contributed by atoms with E-state index in [1.807, 2.05) is 27.0 Å². The van der Waals surface area contributed by atoms with Crippen molar-refractivity contribution in [1.29, 1.82) is 0 Å². The maximum Gasteiger partial charge on any atom is 0.269 e. The van der Waals surface area contributed by atoms with Crippen LogP contribution in [0.5, 0.6) is 0 Å². The molecule has 1 aliphatic rings. The van der Waals surface area contributed by atoms with Gasteiger partial charge in [-0.15, -0.1) is 0 Å². The molecule has 2 atom stereocenters. The van der Waals surface area contributed by atoms with E-state index in [0.29, 0.717) is 36.4 Å². The van der Waals surface area contributed by atoms with Gasteiger partial charge in [-0.2, -0.15) is 5.10 Å². The number of piperazine rings is 1. The summed E-state index contributed by atoms with van der Waals surface area (Å²) < 4.78 is 1.56. The fraction of sp³-hybridized carbons (Fsp3) is 0.519. The highest BCUT2D eigenvalue weighted by Crippen LogP contribution is 2.22. The molecule has 0 saturated carbocycles. The zero-order chi connectivity index (χ0) is 27.8. The normalized spacial score (nSPS) is 15.5. The zero-order valence-electron chi connectivity index (χ0n) is 22.7. The van der Waals surface area contributed by atoms with E-state index < -0.39 is 6.04 Å². The predicted octanol–water partition coefficient (Wildman–Crippen LogP) is 0.0107. The Morgan fingerprint density at radius 2 is 1.79 bits per heavy atom. The summed E-state index contributed by atoms with van der Waals surface area (Å²) in [5, 5.41) is 9.60. The van der Waals surface area contributed by atoms with Crippen molar-refractivity contribution in [1.82, 2.24) is 30.2 Å². The summed E-state index contributed by atoms with van der Waals surface area (Å²) in [4.78, 5) is 54.6. The summed E-state index contributed by atoms with van der Waals surface area (Å²) in [7, 11) is 8.32. The van der Waals surface area contributed by atoms with Crippen LogP contribution in [0.25, 0.3) is 0 Å². The molecule has 3 amide bonds. The van der Waals surface area contributed by atoms with E-state index in [9.17, 15) is 19.2 Å². The molecule has 1 fully saturated rings. The van der Waals surface area contributed by atoms with Crippen LogP contribution < -0.4 is 16.1 Å². The molecule has 11 heteroatoms. The summed E-state index contributed by atoms with van der Waals surface area (Å²) in [5.41, 5.74) is 2.25. The van der Waals surface area contributed by atoms with E-state index in [1.54, 1.807) is 40.9 Å². The maximum atomic E-state index is 13.4. The van der Waals surface area contributed by atoms with Crippen molar-refractivity contribution >= 4 is 36.8 Å². The van der Waals surface area contributed by atoms with Gasteiger partial charge in [0.25, 0.3) is 5.91 Å². The minimum atomic E-state index is -0.718. The van der Waals surface area contributed by atoms with Gasteiger partial charge in [0.2, 0.25) is 11.8 Å². The first-order chi connectivity index (χ1) is 18.1. The maximum absolute atomic E-state index is 13.4. The summed E-state index contributed by atoms with van der Waals surface area (Å²) in [6.07, 6.45) is 1.88. The lowest BCUT2D eigenvalue weighted by atomic mass is 9.82. The first-order valence-corrected chi connectivity index (χ1v) is 13.1. The van der Waals surface area contributed by atoms with Crippen LogP contribution in [0.1, 0.15) is 54.7 Å². The van der Waals surface area contributed by atoms with Crippen molar-refractivity contribution in [3.8, 4) is 0 Å². The van der Waals surface area contributed by atoms with Crippen LogP contribution in [0.2, 0.25) is 0 Å². The molecule has 202 valence electrons. The van der Waals surface area contributed by atoms with Gasteiger partial charge < -0.3 is 20.4 Å². The summed E-state index contributed by atoms with van der Waals surface area (Å²) in [6, 6.07) is 6.25. The van der Waals surface area contributed by atoms with Gasteiger partial charge >= 0.3 is 0 Å². The van der Waals surface area contributed by atoms with E-state index >= 15 is 0 Å². The average molecular weight is 520 g/mol. The van der Waals surface area contributed by atoms with E-state index in [4.69, 9.17) is 7.85 Å². The number of Topliss-reactive ketones (excluding diaryl/α,β-unsaturated/α-hetero) is 1. The number of nitrogens with zero attached hydrogens (tertiary/aromatic N) is 4. The number of aromatic nitrogens is 2. The zero-order valence-corrected chi connectivity index (χ0v) is 22.7. The molecule has 1 aromatic carbocycles.